The van der Waals surface area contributed by atoms with Crippen LogP contribution in [0.4, 0.5) is 5.69 Å². The van der Waals surface area contributed by atoms with Gasteiger partial charge in [0, 0.05) is 19.5 Å². The second-order valence-electron chi connectivity index (χ2n) is 8.92. The summed E-state index contributed by atoms with van der Waals surface area (Å²) >= 11 is 12.2. The number of sulfonamides is 1. The maximum Gasteiger partial charge on any atom is 0.244 e. The van der Waals surface area contributed by atoms with E-state index < -0.39 is 28.5 Å². The molecule has 202 valence electrons. The van der Waals surface area contributed by atoms with Crippen LogP contribution in [0, 0.1) is 6.92 Å². The quantitative estimate of drug-likeness (QED) is 0.354. The van der Waals surface area contributed by atoms with Gasteiger partial charge >= 0.3 is 0 Å². The first-order valence-electron chi connectivity index (χ1n) is 12.1. The molecule has 0 fully saturated rings. The topological polar surface area (TPSA) is 86.8 Å². The van der Waals surface area contributed by atoms with Crippen molar-refractivity contribution in [3.8, 4) is 0 Å². The summed E-state index contributed by atoms with van der Waals surface area (Å²) in [5.41, 5.74) is 2.87. The SMILES string of the molecule is CCNC(=O)C(Cc1ccccc1)N(Cc1ccccc1C)C(=O)CN(c1ccc(Cl)c(Cl)c1)S(C)(=O)=O. The number of anilines is 1. The molecule has 3 rings (SSSR count). The Morgan fingerprint density at radius 2 is 1.61 bits per heavy atom. The standard InChI is InChI=1S/C28H31Cl2N3O4S/c1-4-31-28(35)26(16-21-11-6-5-7-12-21)32(18-22-13-9-8-10-20(22)2)27(34)19-33(38(3,36)37)23-14-15-24(29)25(30)17-23/h5-15,17,26H,4,16,18-19H2,1-3H3,(H,31,35). The number of rotatable bonds is 11. The Morgan fingerprint density at radius 3 is 2.21 bits per heavy atom. The van der Waals surface area contributed by atoms with Gasteiger partial charge in [-0.05, 0) is 48.7 Å². The van der Waals surface area contributed by atoms with Crippen LogP contribution in [0.1, 0.15) is 23.6 Å². The Hall–Kier alpha value is -3.07. The van der Waals surface area contributed by atoms with Gasteiger partial charge in [0.15, 0.2) is 0 Å². The van der Waals surface area contributed by atoms with Crippen LogP contribution in [-0.2, 0) is 32.6 Å². The first-order valence-corrected chi connectivity index (χ1v) is 14.7. The molecule has 0 saturated heterocycles. The van der Waals surface area contributed by atoms with Crippen LogP contribution in [0.2, 0.25) is 10.0 Å². The van der Waals surface area contributed by atoms with Gasteiger partial charge in [-0.1, -0.05) is 77.8 Å². The maximum absolute atomic E-state index is 14.0. The lowest BCUT2D eigenvalue weighted by Gasteiger charge is -2.33. The molecule has 1 unspecified atom stereocenters. The third kappa shape index (κ3) is 7.72. The Balaban J connectivity index is 2.06. The van der Waals surface area contributed by atoms with E-state index in [9.17, 15) is 18.0 Å². The lowest BCUT2D eigenvalue weighted by atomic mass is 10.0. The fourth-order valence-corrected chi connectivity index (χ4v) is 5.20. The van der Waals surface area contributed by atoms with Gasteiger partial charge in [-0.2, -0.15) is 0 Å². The van der Waals surface area contributed by atoms with E-state index in [2.05, 4.69) is 5.32 Å². The molecule has 0 heterocycles. The molecule has 0 spiro atoms. The highest BCUT2D eigenvalue weighted by Crippen LogP contribution is 2.29. The van der Waals surface area contributed by atoms with Crippen LogP contribution >= 0.6 is 23.2 Å². The number of carbonyl (C=O) groups is 2. The van der Waals surface area contributed by atoms with Gasteiger partial charge in [0.25, 0.3) is 0 Å². The summed E-state index contributed by atoms with van der Waals surface area (Å²) < 4.78 is 26.6. The largest absolute Gasteiger partial charge is 0.355 e. The van der Waals surface area contributed by atoms with E-state index in [0.717, 1.165) is 27.3 Å². The van der Waals surface area contributed by atoms with Gasteiger partial charge in [0.05, 0.1) is 22.0 Å². The van der Waals surface area contributed by atoms with Crippen LogP contribution < -0.4 is 9.62 Å². The maximum atomic E-state index is 14.0. The molecule has 0 aliphatic rings. The Bertz CT molecular complexity index is 1380. The normalized spacial score (nSPS) is 12.0. The summed E-state index contributed by atoms with van der Waals surface area (Å²) in [6, 6.07) is 20.4. The summed E-state index contributed by atoms with van der Waals surface area (Å²) in [6.45, 7) is 3.72. The molecule has 0 bridgehead atoms. The monoisotopic (exact) mass is 575 g/mol. The van der Waals surface area contributed by atoms with Crippen LogP contribution in [0.3, 0.4) is 0 Å². The molecule has 1 N–H and O–H groups in total. The number of likely N-dealkylation sites (N-methyl/N-ethyl adjacent to an activating group) is 1. The van der Waals surface area contributed by atoms with Crippen molar-refractivity contribution >= 4 is 50.7 Å². The second kappa shape index (κ2) is 13.1. The van der Waals surface area contributed by atoms with Crippen molar-refractivity contribution in [1.29, 1.82) is 0 Å². The van der Waals surface area contributed by atoms with E-state index in [1.165, 1.54) is 23.1 Å². The van der Waals surface area contributed by atoms with Crippen molar-refractivity contribution in [1.82, 2.24) is 10.2 Å². The first kappa shape index (κ1) is 29.5. The molecule has 1 atom stereocenters. The van der Waals surface area contributed by atoms with Gasteiger partial charge in [-0.25, -0.2) is 8.42 Å². The smallest absolute Gasteiger partial charge is 0.244 e. The second-order valence-corrected chi connectivity index (χ2v) is 11.6. The molecule has 2 amide bonds. The molecule has 7 nitrogen and oxygen atoms in total. The molecular formula is C28H31Cl2N3O4S. The van der Waals surface area contributed by atoms with E-state index in [0.29, 0.717) is 6.54 Å². The average molecular weight is 577 g/mol. The number of benzene rings is 3. The minimum Gasteiger partial charge on any atom is -0.355 e. The van der Waals surface area contributed by atoms with Crippen LogP contribution in [0.15, 0.2) is 72.8 Å². The third-order valence-electron chi connectivity index (χ3n) is 6.09. The van der Waals surface area contributed by atoms with Crippen molar-refractivity contribution in [3.63, 3.8) is 0 Å². The highest BCUT2D eigenvalue weighted by atomic mass is 35.5. The van der Waals surface area contributed by atoms with Gasteiger partial charge in [0.1, 0.15) is 12.6 Å². The number of carbonyl (C=O) groups excluding carboxylic acids is 2. The average Bonchev–Trinajstić information content (AvgIpc) is 2.87. The molecule has 0 saturated carbocycles. The van der Waals surface area contributed by atoms with Crippen molar-refractivity contribution in [2.45, 2.75) is 32.9 Å². The Morgan fingerprint density at radius 1 is 0.947 bits per heavy atom. The van der Waals surface area contributed by atoms with Crippen LogP contribution in [0.25, 0.3) is 0 Å². The van der Waals surface area contributed by atoms with Gasteiger partial charge < -0.3 is 10.2 Å². The van der Waals surface area contributed by atoms with E-state index in [-0.39, 0.29) is 34.6 Å². The van der Waals surface area contributed by atoms with Crippen LogP contribution in [-0.4, -0.2) is 50.5 Å². The zero-order chi connectivity index (χ0) is 27.9. The predicted molar refractivity (Wildman–Crippen MR) is 153 cm³/mol. The van der Waals surface area contributed by atoms with Crippen molar-refractivity contribution in [2.75, 3.05) is 23.7 Å². The Kier molecular flexibility index (Phi) is 10.2. The summed E-state index contributed by atoms with van der Waals surface area (Å²) in [5, 5.41) is 3.25. The number of nitrogens with zero attached hydrogens (tertiary/aromatic N) is 2. The molecule has 0 aliphatic heterocycles. The predicted octanol–water partition coefficient (Wildman–Crippen LogP) is 4.84. The third-order valence-corrected chi connectivity index (χ3v) is 7.97. The molecule has 0 aliphatic carbocycles. The lowest BCUT2D eigenvalue weighted by molar-refractivity contribution is -0.140. The van der Waals surface area contributed by atoms with Crippen molar-refractivity contribution in [3.05, 3.63) is 99.5 Å². The van der Waals surface area contributed by atoms with Gasteiger partial charge in [-0.15, -0.1) is 0 Å². The minimum atomic E-state index is -3.89. The highest BCUT2D eigenvalue weighted by Gasteiger charge is 2.33. The van der Waals surface area contributed by atoms with E-state index >= 15 is 0 Å². The molecule has 3 aromatic rings. The summed E-state index contributed by atoms with van der Waals surface area (Å²) in [5.74, 6) is -0.851. The van der Waals surface area contributed by atoms with E-state index in [1.807, 2.05) is 61.5 Å². The number of halogens is 2. The molecular weight excluding hydrogens is 545 g/mol. The highest BCUT2D eigenvalue weighted by molar-refractivity contribution is 7.92. The molecule has 38 heavy (non-hydrogen) atoms. The summed E-state index contributed by atoms with van der Waals surface area (Å²) in [4.78, 5) is 28.8. The zero-order valence-corrected chi connectivity index (χ0v) is 23.9. The molecule has 3 aromatic carbocycles. The minimum absolute atomic E-state index is 0.124. The number of hydrogen-bond donors (Lipinski definition) is 1. The fourth-order valence-electron chi connectivity index (χ4n) is 4.07. The number of aryl methyl sites for hydroxylation is 1. The molecule has 10 heteroatoms. The van der Waals surface area contributed by atoms with Crippen LogP contribution in [0.5, 0.6) is 0 Å². The van der Waals surface area contributed by atoms with Gasteiger partial charge in [-0.3, -0.25) is 13.9 Å². The van der Waals surface area contributed by atoms with Gasteiger partial charge in [0.2, 0.25) is 21.8 Å². The zero-order valence-electron chi connectivity index (χ0n) is 21.5. The van der Waals surface area contributed by atoms with E-state index in [4.69, 9.17) is 23.2 Å². The number of nitrogens with one attached hydrogen (secondary N) is 1. The summed E-state index contributed by atoms with van der Waals surface area (Å²) in [6.07, 6.45) is 1.27. The number of amides is 2. The first-order chi connectivity index (χ1) is 18.0. The molecule has 0 radical (unpaired) electrons. The van der Waals surface area contributed by atoms with E-state index in [1.54, 1.807) is 6.92 Å². The van der Waals surface area contributed by atoms with Crippen molar-refractivity contribution in [2.24, 2.45) is 0 Å². The number of hydrogen-bond acceptors (Lipinski definition) is 4. The summed E-state index contributed by atoms with van der Waals surface area (Å²) in [7, 11) is -3.89. The molecule has 0 aromatic heterocycles. The lowest BCUT2D eigenvalue weighted by Crippen LogP contribution is -2.53. The Labute approximate surface area is 234 Å². The van der Waals surface area contributed by atoms with Crippen molar-refractivity contribution < 1.29 is 18.0 Å². The fraction of sp³-hybridized carbons (Fsp3) is 0.286.